The minimum absolute atomic E-state index is 0.680. The summed E-state index contributed by atoms with van der Waals surface area (Å²) < 4.78 is 1.31. The molecule has 90 valence electrons. The van der Waals surface area contributed by atoms with Gasteiger partial charge in [-0.2, -0.15) is 0 Å². The molecule has 0 N–H and O–H groups in total. The third-order valence-corrected chi connectivity index (χ3v) is 4.81. The maximum Gasteiger partial charge on any atom is 0.0253 e. The first kappa shape index (κ1) is 11.5. The summed E-state index contributed by atoms with van der Waals surface area (Å²) in [5.41, 5.74) is 6.39. The van der Waals surface area contributed by atoms with E-state index in [1.807, 2.05) is 0 Å². The van der Waals surface area contributed by atoms with Crippen molar-refractivity contribution in [1.82, 2.24) is 0 Å². The summed E-state index contributed by atoms with van der Waals surface area (Å²) in [5.74, 6) is 0.680. The number of halogens is 1. The summed E-state index contributed by atoms with van der Waals surface area (Å²) in [4.78, 5) is 0. The Bertz CT molecular complexity index is 471. The Balaban J connectivity index is 2.13. The quantitative estimate of drug-likeness (QED) is 0.699. The van der Waals surface area contributed by atoms with Gasteiger partial charge < -0.3 is 0 Å². The Hall–Kier alpha value is -0.560. The highest BCUT2D eigenvalue weighted by Crippen LogP contribution is 2.43. The second kappa shape index (κ2) is 4.61. The van der Waals surface area contributed by atoms with Gasteiger partial charge in [0, 0.05) is 10.4 Å². The molecule has 2 aliphatic carbocycles. The molecule has 1 aromatic carbocycles. The molecule has 0 saturated heterocycles. The Morgan fingerprint density at radius 2 is 2.12 bits per heavy atom. The lowest BCUT2D eigenvalue weighted by atomic mass is 9.82. The highest BCUT2D eigenvalue weighted by atomic mass is 79.9. The summed E-state index contributed by atoms with van der Waals surface area (Å²) in [5, 5.41) is 0. The van der Waals surface area contributed by atoms with E-state index in [0.29, 0.717) is 5.92 Å². The lowest BCUT2D eigenvalue weighted by molar-refractivity contribution is 0.658. The molecule has 1 aromatic rings. The molecule has 0 heterocycles. The molecule has 0 fully saturated rings. The standard InChI is InChI=1S/C16H19Br/c1-2-5-11-8-9-14-15(17)10-12-6-3-4-7-13(12)16(11)14/h8-11H,2-7H2,1H3. The molecule has 0 radical (unpaired) electrons. The zero-order valence-corrected chi connectivity index (χ0v) is 12.0. The first-order chi connectivity index (χ1) is 8.31. The first-order valence-corrected chi connectivity index (χ1v) is 7.63. The molecule has 0 bridgehead atoms. The number of benzene rings is 1. The molecule has 1 atom stereocenters. The van der Waals surface area contributed by atoms with Crippen LogP contribution in [0.25, 0.3) is 6.08 Å². The van der Waals surface area contributed by atoms with Crippen molar-refractivity contribution in [2.24, 2.45) is 0 Å². The van der Waals surface area contributed by atoms with E-state index in [0.717, 1.165) is 0 Å². The van der Waals surface area contributed by atoms with Gasteiger partial charge in [-0.25, -0.2) is 0 Å². The average Bonchev–Trinajstić information content (AvgIpc) is 2.75. The fourth-order valence-electron chi connectivity index (χ4n) is 3.37. The van der Waals surface area contributed by atoms with E-state index in [1.165, 1.54) is 48.6 Å². The molecule has 0 spiro atoms. The maximum atomic E-state index is 3.75. The van der Waals surface area contributed by atoms with Gasteiger partial charge in [-0.05, 0) is 60.4 Å². The maximum absolute atomic E-state index is 3.75. The van der Waals surface area contributed by atoms with Crippen LogP contribution in [0.15, 0.2) is 16.6 Å². The second-order valence-electron chi connectivity index (χ2n) is 5.28. The molecule has 3 rings (SSSR count). The van der Waals surface area contributed by atoms with Gasteiger partial charge in [0.1, 0.15) is 0 Å². The topological polar surface area (TPSA) is 0 Å². The van der Waals surface area contributed by atoms with E-state index in [2.05, 4.69) is 41.1 Å². The summed E-state index contributed by atoms with van der Waals surface area (Å²) in [6.07, 6.45) is 12.6. The Morgan fingerprint density at radius 1 is 1.29 bits per heavy atom. The summed E-state index contributed by atoms with van der Waals surface area (Å²) in [7, 11) is 0. The lowest BCUT2D eigenvalue weighted by Gasteiger charge is -2.23. The van der Waals surface area contributed by atoms with Crippen molar-refractivity contribution in [2.75, 3.05) is 0 Å². The molecule has 2 aliphatic rings. The van der Waals surface area contributed by atoms with Crippen LogP contribution in [0.2, 0.25) is 0 Å². The van der Waals surface area contributed by atoms with Crippen LogP contribution >= 0.6 is 15.9 Å². The van der Waals surface area contributed by atoms with Crippen molar-refractivity contribution in [1.29, 1.82) is 0 Å². The fourth-order valence-corrected chi connectivity index (χ4v) is 3.99. The van der Waals surface area contributed by atoms with Gasteiger partial charge in [-0.1, -0.05) is 41.4 Å². The molecule has 1 unspecified atom stereocenters. The molecule has 17 heavy (non-hydrogen) atoms. The SMILES string of the molecule is CCCC1C=Cc2c(Br)cc3c(c21)CCCC3. The Morgan fingerprint density at radius 3 is 2.94 bits per heavy atom. The number of allylic oxidation sites excluding steroid dienone is 1. The van der Waals surface area contributed by atoms with Crippen molar-refractivity contribution < 1.29 is 0 Å². The average molecular weight is 291 g/mol. The molecule has 1 heteroatoms. The third-order valence-electron chi connectivity index (χ3n) is 4.15. The predicted molar refractivity (Wildman–Crippen MR) is 77.5 cm³/mol. The van der Waals surface area contributed by atoms with E-state index >= 15 is 0 Å². The van der Waals surface area contributed by atoms with E-state index in [1.54, 1.807) is 16.7 Å². The summed E-state index contributed by atoms with van der Waals surface area (Å²) in [6.45, 7) is 2.29. The van der Waals surface area contributed by atoms with E-state index < -0.39 is 0 Å². The van der Waals surface area contributed by atoms with Gasteiger partial charge in [0.15, 0.2) is 0 Å². The number of rotatable bonds is 2. The van der Waals surface area contributed by atoms with Crippen molar-refractivity contribution in [3.8, 4) is 0 Å². The van der Waals surface area contributed by atoms with Crippen molar-refractivity contribution in [3.63, 3.8) is 0 Å². The minimum Gasteiger partial charge on any atom is -0.0763 e. The van der Waals surface area contributed by atoms with Crippen LogP contribution < -0.4 is 0 Å². The van der Waals surface area contributed by atoms with Crippen molar-refractivity contribution in [2.45, 2.75) is 51.4 Å². The van der Waals surface area contributed by atoms with Crippen molar-refractivity contribution in [3.05, 3.63) is 38.9 Å². The van der Waals surface area contributed by atoms with Crippen LogP contribution in [0.4, 0.5) is 0 Å². The van der Waals surface area contributed by atoms with Gasteiger partial charge in [0.05, 0.1) is 0 Å². The molecule has 0 saturated carbocycles. The van der Waals surface area contributed by atoms with Gasteiger partial charge in [-0.15, -0.1) is 0 Å². The highest BCUT2D eigenvalue weighted by molar-refractivity contribution is 9.10. The van der Waals surface area contributed by atoms with Crippen LogP contribution in [0.3, 0.4) is 0 Å². The predicted octanol–water partition coefficient (Wildman–Crippen LogP) is 5.24. The van der Waals surface area contributed by atoms with Gasteiger partial charge in [0.25, 0.3) is 0 Å². The van der Waals surface area contributed by atoms with Gasteiger partial charge >= 0.3 is 0 Å². The number of fused-ring (bicyclic) bond motifs is 3. The third kappa shape index (κ3) is 1.89. The Labute approximate surface area is 112 Å². The normalized spacial score (nSPS) is 21.4. The molecular weight excluding hydrogens is 272 g/mol. The lowest BCUT2D eigenvalue weighted by Crippen LogP contribution is -2.09. The number of hydrogen-bond donors (Lipinski definition) is 0. The largest absolute Gasteiger partial charge is 0.0763 e. The van der Waals surface area contributed by atoms with Crippen LogP contribution in [-0.2, 0) is 12.8 Å². The number of aryl methyl sites for hydroxylation is 1. The van der Waals surface area contributed by atoms with Crippen molar-refractivity contribution >= 4 is 22.0 Å². The molecule has 0 nitrogen and oxygen atoms in total. The van der Waals surface area contributed by atoms with Gasteiger partial charge in [0.2, 0.25) is 0 Å². The zero-order chi connectivity index (χ0) is 11.8. The van der Waals surface area contributed by atoms with E-state index in [-0.39, 0.29) is 0 Å². The summed E-state index contributed by atoms with van der Waals surface area (Å²) in [6, 6.07) is 2.37. The smallest absolute Gasteiger partial charge is 0.0253 e. The first-order valence-electron chi connectivity index (χ1n) is 6.83. The number of hydrogen-bond acceptors (Lipinski definition) is 0. The van der Waals surface area contributed by atoms with Gasteiger partial charge in [-0.3, -0.25) is 0 Å². The Kier molecular flexibility index (Phi) is 3.12. The van der Waals surface area contributed by atoms with Crippen LogP contribution in [0, 0.1) is 0 Å². The highest BCUT2D eigenvalue weighted by Gasteiger charge is 2.25. The second-order valence-corrected chi connectivity index (χ2v) is 6.14. The van der Waals surface area contributed by atoms with Crippen LogP contribution in [0.1, 0.15) is 60.8 Å². The molecule has 0 amide bonds. The molecule has 0 aliphatic heterocycles. The van der Waals surface area contributed by atoms with Crippen LogP contribution in [0.5, 0.6) is 0 Å². The summed E-state index contributed by atoms with van der Waals surface area (Å²) >= 11 is 3.75. The zero-order valence-electron chi connectivity index (χ0n) is 10.4. The van der Waals surface area contributed by atoms with E-state index in [4.69, 9.17) is 0 Å². The van der Waals surface area contributed by atoms with Crippen LogP contribution in [-0.4, -0.2) is 0 Å². The minimum atomic E-state index is 0.680. The fraction of sp³-hybridized carbons (Fsp3) is 0.500. The van der Waals surface area contributed by atoms with E-state index in [9.17, 15) is 0 Å². The molecule has 0 aromatic heterocycles. The monoisotopic (exact) mass is 290 g/mol. The molecular formula is C16H19Br.